The van der Waals surface area contributed by atoms with Crippen LogP contribution in [0.4, 0.5) is 0 Å². The van der Waals surface area contributed by atoms with Crippen molar-refractivity contribution in [3.8, 4) is 0 Å². The van der Waals surface area contributed by atoms with Crippen molar-refractivity contribution >= 4 is 6.41 Å². The maximum atomic E-state index is 11.0. The molecule has 1 aromatic rings. The number of carbonyl (C=O) groups is 1. The van der Waals surface area contributed by atoms with Crippen molar-refractivity contribution < 1.29 is 4.79 Å². The summed E-state index contributed by atoms with van der Waals surface area (Å²) in [5.74, 6) is 0. The number of carbonyl (C=O) groups excluding carboxylic acids is 1. The van der Waals surface area contributed by atoms with Crippen LogP contribution in [0.25, 0.3) is 0 Å². The minimum absolute atomic E-state index is 0.676. The van der Waals surface area contributed by atoms with Crippen molar-refractivity contribution in [2.45, 2.75) is 6.54 Å². The third-order valence-electron chi connectivity index (χ3n) is 2.75. The quantitative estimate of drug-likeness (QED) is 0.625. The molecule has 102 valence electrons. The second kappa shape index (κ2) is 8.80. The lowest BCUT2D eigenvalue weighted by Crippen LogP contribution is -2.32. The monoisotopic (exact) mass is 259 g/mol. The SMILES string of the molecule is C=C.O=CN(CCN1C=CNC1)Cc1ccccc1. The zero-order chi connectivity index (χ0) is 13.9. The number of hydrogen-bond donors (Lipinski definition) is 1. The van der Waals surface area contributed by atoms with Gasteiger partial charge in [0.15, 0.2) is 0 Å². The predicted octanol–water partition coefficient (Wildman–Crippen LogP) is 1.78. The standard InChI is InChI=1S/C13H17N3O.C2H4/c17-12-16(9-8-15-7-6-14-11-15)10-13-4-2-1-3-5-13;1-2/h1-7,12,14H,8-11H2;1-2H2. The molecule has 1 heterocycles. The van der Waals surface area contributed by atoms with Gasteiger partial charge in [0.1, 0.15) is 0 Å². The molecule has 0 saturated carbocycles. The second-order valence-corrected chi connectivity index (χ2v) is 4.05. The summed E-state index contributed by atoms with van der Waals surface area (Å²) in [7, 11) is 0. The van der Waals surface area contributed by atoms with E-state index in [0.29, 0.717) is 6.54 Å². The topological polar surface area (TPSA) is 35.6 Å². The molecule has 0 bridgehead atoms. The molecular weight excluding hydrogens is 238 g/mol. The highest BCUT2D eigenvalue weighted by Gasteiger charge is 2.07. The summed E-state index contributed by atoms with van der Waals surface area (Å²) < 4.78 is 0. The summed E-state index contributed by atoms with van der Waals surface area (Å²) in [6.07, 6.45) is 4.84. The number of nitrogens with zero attached hydrogens (tertiary/aromatic N) is 2. The Hall–Kier alpha value is -2.23. The summed E-state index contributed by atoms with van der Waals surface area (Å²) in [5, 5.41) is 3.10. The van der Waals surface area contributed by atoms with Crippen molar-refractivity contribution in [3.05, 3.63) is 61.5 Å². The molecule has 1 aliphatic rings. The van der Waals surface area contributed by atoms with Gasteiger partial charge < -0.3 is 15.1 Å². The zero-order valence-electron chi connectivity index (χ0n) is 11.2. The van der Waals surface area contributed by atoms with Crippen LogP contribution >= 0.6 is 0 Å². The van der Waals surface area contributed by atoms with Crippen LogP contribution in [-0.2, 0) is 11.3 Å². The molecule has 1 N–H and O–H groups in total. The Balaban J connectivity index is 0.000000861. The van der Waals surface area contributed by atoms with Crippen LogP contribution in [0.3, 0.4) is 0 Å². The molecule has 0 aliphatic carbocycles. The highest BCUT2D eigenvalue weighted by Crippen LogP contribution is 2.03. The first-order valence-electron chi connectivity index (χ1n) is 6.26. The first kappa shape index (κ1) is 14.8. The van der Waals surface area contributed by atoms with Crippen molar-refractivity contribution in [1.82, 2.24) is 15.1 Å². The Morgan fingerprint density at radius 3 is 2.63 bits per heavy atom. The minimum Gasteiger partial charge on any atom is -0.373 e. The Morgan fingerprint density at radius 1 is 1.32 bits per heavy atom. The van der Waals surface area contributed by atoms with Crippen molar-refractivity contribution in [1.29, 1.82) is 0 Å². The van der Waals surface area contributed by atoms with Crippen LogP contribution < -0.4 is 5.32 Å². The number of amides is 1. The number of benzene rings is 1. The largest absolute Gasteiger partial charge is 0.373 e. The normalized spacial score (nSPS) is 12.3. The second-order valence-electron chi connectivity index (χ2n) is 4.05. The Bertz CT molecular complexity index is 392. The van der Waals surface area contributed by atoms with Gasteiger partial charge in [0.05, 0.1) is 6.67 Å². The summed E-state index contributed by atoms with van der Waals surface area (Å²) in [5.41, 5.74) is 1.16. The van der Waals surface area contributed by atoms with Crippen molar-refractivity contribution in [3.63, 3.8) is 0 Å². The van der Waals surface area contributed by atoms with Gasteiger partial charge in [0.2, 0.25) is 6.41 Å². The number of nitrogens with one attached hydrogen (secondary N) is 1. The van der Waals surface area contributed by atoms with Crippen LogP contribution in [-0.4, -0.2) is 36.0 Å². The fourth-order valence-electron chi connectivity index (χ4n) is 1.78. The molecule has 19 heavy (non-hydrogen) atoms. The molecule has 0 fully saturated rings. The lowest BCUT2D eigenvalue weighted by Gasteiger charge is -2.21. The van der Waals surface area contributed by atoms with Crippen LogP contribution in [0.2, 0.25) is 0 Å². The van der Waals surface area contributed by atoms with Gasteiger partial charge in [-0.1, -0.05) is 30.3 Å². The molecule has 1 aliphatic heterocycles. The van der Waals surface area contributed by atoms with E-state index in [1.165, 1.54) is 0 Å². The minimum atomic E-state index is 0.676. The fourth-order valence-corrected chi connectivity index (χ4v) is 1.78. The van der Waals surface area contributed by atoms with E-state index in [0.717, 1.165) is 31.7 Å². The molecule has 0 atom stereocenters. The molecule has 0 spiro atoms. The van der Waals surface area contributed by atoms with E-state index < -0.39 is 0 Å². The summed E-state index contributed by atoms with van der Waals surface area (Å²) in [6.45, 7) is 9.10. The third kappa shape index (κ3) is 5.29. The van der Waals surface area contributed by atoms with E-state index in [4.69, 9.17) is 0 Å². The van der Waals surface area contributed by atoms with Gasteiger partial charge in [-0.15, -0.1) is 13.2 Å². The van der Waals surface area contributed by atoms with Crippen LogP contribution in [0, 0.1) is 0 Å². The molecule has 0 radical (unpaired) electrons. The molecule has 4 heteroatoms. The summed E-state index contributed by atoms with van der Waals surface area (Å²) in [4.78, 5) is 14.9. The number of rotatable bonds is 6. The van der Waals surface area contributed by atoms with E-state index in [2.05, 4.69) is 23.4 Å². The van der Waals surface area contributed by atoms with Crippen LogP contribution in [0.1, 0.15) is 5.56 Å². The predicted molar refractivity (Wildman–Crippen MR) is 78.0 cm³/mol. The van der Waals surface area contributed by atoms with E-state index in [9.17, 15) is 4.79 Å². The van der Waals surface area contributed by atoms with Gasteiger partial charge in [0.25, 0.3) is 0 Å². The van der Waals surface area contributed by atoms with Gasteiger partial charge in [0, 0.05) is 32.0 Å². The first-order chi connectivity index (χ1) is 9.38. The molecule has 0 saturated heterocycles. The van der Waals surface area contributed by atoms with E-state index in [1.807, 2.05) is 42.7 Å². The summed E-state index contributed by atoms with van der Waals surface area (Å²) in [6, 6.07) is 10.0. The van der Waals surface area contributed by atoms with E-state index >= 15 is 0 Å². The van der Waals surface area contributed by atoms with Gasteiger partial charge in [-0.3, -0.25) is 4.79 Å². The Morgan fingerprint density at radius 2 is 2.05 bits per heavy atom. The van der Waals surface area contributed by atoms with E-state index in [-0.39, 0.29) is 0 Å². The van der Waals surface area contributed by atoms with Gasteiger partial charge >= 0.3 is 0 Å². The Kier molecular flexibility index (Phi) is 6.87. The van der Waals surface area contributed by atoms with Gasteiger partial charge in [-0.2, -0.15) is 0 Å². The average Bonchev–Trinajstić information content (AvgIpc) is 3.00. The molecule has 0 unspecified atom stereocenters. The lowest BCUT2D eigenvalue weighted by atomic mass is 10.2. The highest BCUT2D eigenvalue weighted by atomic mass is 16.1. The maximum absolute atomic E-state index is 11.0. The maximum Gasteiger partial charge on any atom is 0.210 e. The third-order valence-corrected chi connectivity index (χ3v) is 2.75. The summed E-state index contributed by atoms with van der Waals surface area (Å²) >= 11 is 0. The van der Waals surface area contributed by atoms with Crippen molar-refractivity contribution in [2.75, 3.05) is 19.8 Å². The smallest absolute Gasteiger partial charge is 0.210 e. The molecular formula is C15H21N3O. The Labute approximate surface area is 115 Å². The molecule has 0 aromatic heterocycles. The lowest BCUT2D eigenvalue weighted by molar-refractivity contribution is -0.118. The highest BCUT2D eigenvalue weighted by molar-refractivity contribution is 5.47. The average molecular weight is 259 g/mol. The molecule has 4 nitrogen and oxygen atoms in total. The van der Waals surface area contributed by atoms with Crippen LogP contribution in [0.5, 0.6) is 0 Å². The molecule has 1 amide bonds. The van der Waals surface area contributed by atoms with Crippen molar-refractivity contribution in [2.24, 2.45) is 0 Å². The molecule has 1 aromatic carbocycles. The van der Waals surface area contributed by atoms with Gasteiger partial charge in [-0.05, 0) is 5.56 Å². The molecule has 2 rings (SSSR count). The zero-order valence-corrected chi connectivity index (χ0v) is 11.2. The number of hydrogen-bond acceptors (Lipinski definition) is 3. The van der Waals surface area contributed by atoms with Gasteiger partial charge in [-0.25, -0.2) is 0 Å². The fraction of sp³-hybridized carbons (Fsp3) is 0.267. The first-order valence-corrected chi connectivity index (χ1v) is 6.26. The van der Waals surface area contributed by atoms with E-state index in [1.54, 1.807) is 4.90 Å². The van der Waals surface area contributed by atoms with Crippen LogP contribution in [0.15, 0.2) is 55.9 Å².